The second kappa shape index (κ2) is 5.39. The van der Waals surface area contributed by atoms with Crippen molar-refractivity contribution in [2.75, 3.05) is 13.7 Å². The number of aryl methyl sites for hydroxylation is 2. The van der Waals surface area contributed by atoms with Crippen molar-refractivity contribution in [3.05, 3.63) is 34.9 Å². The van der Waals surface area contributed by atoms with E-state index in [-0.39, 0.29) is 6.09 Å². The number of benzene rings is 1. The van der Waals surface area contributed by atoms with Gasteiger partial charge in [-0.25, -0.2) is 4.79 Å². The van der Waals surface area contributed by atoms with Gasteiger partial charge < -0.3 is 10.1 Å². The summed E-state index contributed by atoms with van der Waals surface area (Å²) in [5, 5.41) is 2.66. The van der Waals surface area contributed by atoms with Gasteiger partial charge in [-0.2, -0.15) is 0 Å². The van der Waals surface area contributed by atoms with Crippen molar-refractivity contribution in [2.45, 2.75) is 20.3 Å². The van der Waals surface area contributed by atoms with E-state index >= 15 is 0 Å². The van der Waals surface area contributed by atoms with Gasteiger partial charge in [-0.3, -0.25) is 0 Å². The number of carbonyl (C=O) groups is 1. The average molecular weight is 207 g/mol. The zero-order valence-corrected chi connectivity index (χ0v) is 9.46. The van der Waals surface area contributed by atoms with Crippen LogP contribution in [0.4, 0.5) is 4.79 Å². The SMILES string of the molecule is COC(=O)NCCc1ccc(C)cc1C. The smallest absolute Gasteiger partial charge is 0.406 e. The topological polar surface area (TPSA) is 38.3 Å². The lowest BCUT2D eigenvalue weighted by Crippen LogP contribution is -2.25. The van der Waals surface area contributed by atoms with Crippen LogP contribution in [-0.4, -0.2) is 19.7 Å². The highest BCUT2D eigenvalue weighted by molar-refractivity contribution is 5.66. The van der Waals surface area contributed by atoms with E-state index in [1.807, 2.05) is 0 Å². The van der Waals surface area contributed by atoms with Crippen LogP contribution in [0.2, 0.25) is 0 Å². The van der Waals surface area contributed by atoms with Gasteiger partial charge in [0.15, 0.2) is 0 Å². The average Bonchev–Trinajstić information content (AvgIpc) is 2.21. The minimum Gasteiger partial charge on any atom is -0.453 e. The maximum atomic E-state index is 10.8. The second-order valence-corrected chi connectivity index (χ2v) is 3.60. The fourth-order valence-corrected chi connectivity index (χ4v) is 1.50. The number of hydrogen-bond acceptors (Lipinski definition) is 2. The van der Waals surface area contributed by atoms with Crippen molar-refractivity contribution in [3.8, 4) is 0 Å². The molecule has 1 aromatic rings. The van der Waals surface area contributed by atoms with Gasteiger partial charge in [0.2, 0.25) is 0 Å². The van der Waals surface area contributed by atoms with Gasteiger partial charge in [0, 0.05) is 6.54 Å². The highest BCUT2D eigenvalue weighted by Crippen LogP contribution is 2.10. The first-order valence-corrected chi connectivity index (χ1v) is 5.01. The van der Waals surface area contributed by atoms with Crippen LogP contribution in [0.1, 0.15) is 16.7 Å². The molecule has 15 heavy (non-hydrogen) atoms. The molecule has 0 fully saturated rings. The highest BCUT2D eigenvalue weighted by atomic mass is 16.5. The summed E-state index contributed by atoms with van der Waals surface area (Å²) in [6.07, 6.45) is 0.459. The molecule has 3 nitrogen and oxygen atoms in total. The molecular weight excluding hydrogens is 190 g/mol. The third-order valence-electron chi connectivity index (χ3n) is 2.35. The van der Waals surface area contributed by atoms with Crippen molar-refractivity contribution in [1.29, 1.82) is 0 Å². The molecule has 1 N–H and O–H groups in total. The molecule has 1 rings (SSSR count). The van der Waals surface area contributed by atoms with Crippen molar-refractivity contribution in [1.82, 2.24) is 5.32 Å². The lowest BCUT2D eigenvalue weighted by molar-refractivity contribution is 0.171. The molecule has 0 unspecified atom stereocenters. The van der Waals surface area contributed by atoms with E-state index in [1.165, 1.54) is 23.8 Å². The summed E-state index contributed by atoms with van der Waals surface area (Å²) >= 11 is 0. The van der Waals surface area contributed by atoms with E-state index < -0.39 is 0 Å². The Bertz CT molecular complexity index is 347. The molecule has 3 heteroatoms. The molecule has 0 aliphatic carbocycles. The number of alkyl carbamates (subject to hydrolysis) is 1. The standard InChI is InChI=1S/C12H17NO2/c1-9-4-5-11(10(2)8-9)6-7-13-12(14)15-3/h4-5,8H,6-7H2,1-3H3,(H,13,14). The molecule has 0 aliphatic heterocycles. The lowest BCUT2D eigenvalue weighted by Gasteiger charge is -2.07. The normalized spacial score (nSPS) is 9.80. The van der Waals surface area contributed by atoms with Crippen LogP contribution in [0, 0.1) is 13.8 Å². The summed E-state index contributed by atoms with van der Waals surface area (Å²) in [4.78, 5) is 10.8. The lowest BCUT2D eigenvalue weighted by atomic mass is 10.0. The third-order valence-corrected chi connectivity index (χ3v) is 2.35. The number of ether oxygens (including phenoxy) is 1. The summed E-state index contributed by atoms with van der Waals surface area (Å²) < 4.78 is 4.49. The van der Waals surface area contributed by atoms with E-state index in [1.54, 1.807) is 0 Å². The quantitative estimate of drug-likeness (QED) is 0.825. The first-order valence-electron chi connectivity index (χ1n) is 5.01. The Kier molecular flexibility index (Phi) is 4.16. The zero-order chi connectivity index (χ0) is 11.3. The van der Waals surface area contributed by atoms with Gasteiger partial charge in [-0.05, 0) is 31.4 Å². The minimum absolute atomic E-state index is 0.375. The summed E-state index contributed by atoms with van der Waals surface area (Å²) in [6.45, 7) is 4.76. The van der Waals surface area contributed by atoms with Crippen LogP contribution in [0.3, 0.4) is 0 Å². The largest absolute Gasteiger partial charge is 0.453 e. The van der Waals surface area contributed by atoms with Crippen LogP contribution >= 0.6 is 0 Å². The number of rotatable bonds is 3. The second-order valence-electron chi connectivity index (χ2n) is 3.60. The number of nitrogens with one attached hydrogen (secondary N) is 1. The van der Waals surface area contributed by atoms with Crippen LogP contribution in [0.25, 0.3) is 0 Å². The monoisotopic (exact) mass is 207 g/mol. The summed E-state index contributed by atoms with van der Waals surface area (Å²) in [7, 11) is 1.37. The molecule has 0 heterocycles. The highest BCUT2D eigenvalue weighted by Gasteiger charge is 2.00. The molecule has 82 valence electrons. The van der Waals surface area contributed by atoms with E-state index in [0.717, 1.165) is 6.42 Å². The Morgan fingerprint density at radius 3 is 2.73 bits per heavy atom. The first kappa shape index (κ1) is 11.6. The van der Waals surface area contributed by atoms with Crippen LogP contribution < -0.4 is 5.32 Å². The first-order chi connectivity index (χ1) is 7.13. The van der Waals surface area contributed by atoms with Crippen molar-refractivity contribution in [3.63, 3.8) is 0 Å². The molecule has 1 amide bonds. The Labute approximate surface area is 90.4 Å². The fraction of sp³-hybridized carbons (Fsp3) is 0.417. The van der Waals surface area contributed by atoms with Gasteiger partial charge >= 0.3 is 6.09 Å². The molecule has 0 radical (unpaired) electrons. The van der Waals surface area contributed by atoms with Crippen molar-refractivity contribution in [2.24, 2.45) is 0 Å². The van der Waals surface area contributed by atoms with Gasteiger partial charge in [-0.15, -0.1) is 0 Å². The number of methoxy groups -OCH3 is 1. The number of amides is 1. The van der Waals surface area contributed by atoms with Gasteiger partial charge in [0.1, 0.15) is 0 Å². The minimum atomic E-state index is -0.375. The summed E-state index contributed by atoms with van der Waals surface area (Å²) in [5.41, 5.74) is 3.79. The molecule has 0 aliphatic rings. The third kappa shape index (κ3) is 3.62. The molecule has 0 atom stereocenters. The summed E-state index contributed by atoms with van der Waals surface area (Å²) in [5.74, 6) is 0. The molecule has 1 aromatic carbocycles. The zero-order valence-electron chi connectivity index (χ0n) is 9.46. The predicted molar refractivity (Wildman–Crippen MR) is 60.0 cm³/mol. The van der Waals surface area contributed by atoms with Crippen LogP contribution in [-0.2, 0) is 11.2 Å². The molecule has 0 spiro atoms. The molecule has 0 aromatic heterocycles. The summed E-state index contributed by atoms with van der Waals surface area (Å²) in [6, 6.07) is 6.33. The molecule has 0 bridgehead atoms. The number of hydrogen-bond donors (Lipinski definition) is 1. The Balaban J connectivity index is 2.47. The van der Waals surface area contributed by atoms with E-state index in [0.29, 0.717) is 6.54 Å². The number of carbonyl (C=O) groups excluding carboxylic acids is 1. The van der Waals surface area contributed by atoms with Gasteiger partial charge in [0.25, 0.3) is 0 Å². The van der Waals surface area contributed by atoms with Crippen molar-refractivity contribution >= 4 is 6.09 Å². The van der Waals surface area contributed by atoms with Crippen molar-refractivity contribution < 1.29 is 9.53 Å². The Morgan fingerprint density at radius 1 is 1.40 bits per heavy atom. The van der Waals surface area contributed by atoms with Crippen LogP contribution in [0.15, 0.2) is 18.2 Å². The molecular formula is C12H17NO2. The van der Waals surface area contributed by atoms with E-state index in [9.17, 15) is 4.79 Å². The van der Waals surface area contributed by atoms with E-state index in [4.69, 9.17) is 0 Å². The maximum absolute atomic E-state index is 10.8. The van der Waals surface area contributed by atoms with Gasteiger partial charge in [-0.1, -0.05) is 23.8 Å². The van der Waals surface area contributed by atoms with Gasteiger partial charge in [0.05, 0.1) is 7.11 Å². The Hall–Kier alpha value is -1.51. The molecule has 0 saturated heterocycles. The van der Waals surface area contributed by atoms with Crippen LogP contribution in [0.5, 0.6) is 0 Å². The fourth-order valence-electron chi connectivity index (χ4n) is 1.50. The molecule has 0 saturated carbocycles. The van der Waals surface area contributed by atoms with E-state index in [2.05, 4.69) is 42.1 Å². The maximum Gasteiger partial charge on any atom is 0.406 e. The Morgan fingerprint density at radius 2 is 2.13 bits per heavy atom. The predicted octanol–water partition coefficient (Wildman–Crippen LogP) is 2.20.